The molecule has 166 valence electrons. The number of carbonyl (C=O) groups is 1. The van der Waals surface area contributed by atoms with Gasteiger partial charge in [0.2, 0.25) is 5.91 Å². The smallest absolute Gasteiger partial charge is 0.246 e. The van der Waals surface area contributed by atoms with Gasteiger partial charge in [0.05, 0.1) is 17.9 Å². The molecule has 2 aromatic rings. The first-order chi connectivity index (χ1) is 15.0. The second-order valence-electron chi connectivity index (χ2n) is 8.08. The van der Waals surface area contributed by atoms with Crippen molar-refractivity contribution in [3.05, 3.63) is 47.2 Å². The third-order valence-corrected chi connectivity index (χ3v) is 6.24. The van der Waals surface area contributed by atoms with Crippen molar-refractivity contribution >= 4 is 29.2 Å². The van der Waals surface area contributed by atoms with E-state index in [0.29, 0.717) is 26.2 Å². The van der Waals surface area contributed by atoms with E-state index in [1.54, 1.807) is 22.8 Å². The zero-order chi connectivity index (χ0) is 21.8. The maximum absolute atomic E-state index is 12.8. The van der Waals surface area contributed by atoms with Gasteiger partial charge in [-0.2, -0.15) is 5.10 Å². The topological polar surface area (TPSA) is 69.0 Å². The van der Waals surface area contributed by atoms with Crippen LogP contribution in [0.2, 0.25) is 5.02 Å². The van der Waals surface area contributed by atoms with Gasteiger partial charge in [0.25, 0.3) is 0 Å². The minimum atomic E-state index is 0.0492. The van der Waals surface area contributed by atoms with Crippen LogP contribution in [-0.4, -0.2) is 77.8 Å². The number of piperazine rings is 1. The molecule has 1 aromatic heterocycles. The fourth-order valence-electron chi connectivity index (χ4n) is 4.42. The van der Waals surface area contributed by atoms with Crippen molar-refractivity contribution in [3.8, 4) is 0 Å². The van der Waals surface area contributed by atoms with Crippen molar-refractivity contribution in [2.45, 2.75) is 18.9 Å². The summed E-state index contributed by atoms with van der Waals surface area (Å²) in [4.78, 5) is 23.5. The molecule has 4 rings (SSSR count). The summed E-state index contributed by atoms with van der Waals surface area (Å²) in [5, 5.41) is 8.45. The van der Waals surface area contributed by atoms with Crippen LogP contribution >= 0.6 is 11.6 Å². The molecular formula is C22H30ClN7O. The Morgan fingerprint density at radius 3 is 2.71 bits per heavy atom. The fourth-order valence-corrected chi connectivity index (χ4v) is 4.62. The number of hydrogen-bond donors (Lipinski definition) is 1. The Hall–Kier alpha value is -2.58. The number of nitrogens with zero attached hydrogens (tertiary/aromatic N) is 6. The molecule has 1 N–H and O–H groups in total. The third kappa shape index (κ3) is 5.02. The number of hydrogen-bond acceptors (Lipinski definition) is 4. The molecule has 1 amide bonds. The number of aliphatic imine (C=N–C) groups is 1. The summed E-state index contributed by atoms with van der Waals surface area (Å²) in [6, 6.07) is 8.31. The van der Waals surface area contributed by atoms with Crippen molar-refractivity contribution < 1.29 is 4.79 Å². The van der Waals surface area contributed by atoms with E-state index in [1.807, 2.05) is 36.3 Å². The molecule has 1 aromatic carbocycles. The Labute approximate surface area is 188 Å². The number of halogens is 1. The van der Waals surface area contributed by atoms with Crippen molar-refractivity contribution in [1.29, 1.82) is 0 Å². The van der Waals surface area contributed by atoms with E-state index < -0.39 is 0 Å². The molecular weight excluding hydrogens is 414 g/mol. The number of amides is 1. The van der Waals surface area contributed by atoms with Gasteiger partial charge in [-0.15, -0.1) is 0 Å². The molecule has 1 unspecified atom stereocenters. The van der Waals surface area contributed by atoms with Gasteiger partial charge in [0.15, 0.2) is 5.96 Å². The van der Waals surface area contributed by atoms with Gasteiger partial charge in [-0.25, -0.2) is 0 Å². The summed E-state index contributed by atoms with van der Waals surface area (Å²) in [5.41, 5.74) is 2.04. The largest absolute Gasteiger partial charge is 0.354 e. The maximum Gasteiger partial charge on any atom is 0.246 e. The molecule has 3 heterocycles. The van der Waals surface area contributed by atoms with Crippen molar-refractivity contribution in [1.82, 2.24) is 24.9 Å². The first-order valence-corrected chi connectivity index (χ1v) is 11.2. The zero-order valence-corrected chi connectivity index (χ0v) is 18.9. The summed E-state index contributed by atoms with van der Waals surface area (Å²) < 4.78 is 1.71. The summed E-state index contributed by atoms with van der Waals surface area (Å²) in [6.07, 6.45) is 6.03. The van der Waals surface area contributed by atoms with Crippen molar-refractivity contribution in [2.24, 2.45) is 12.0 Å². The van der Waals surface area contributed by atoms with Gasteiger partial charge in [-0.05, 0) is 43.6 Å². The Kier molecular flexibility index (Phi) is 6.77. The molecule has 2 fully saturated rings. The van der Waals surface area contributed by atoms with Crippen LogP contribution in [0.3, 0.4) is 0 Å². The predicted octanol–water partition coefficient (Wildman–Crippen LogP) is 2.13. The summed E-state index contributed by atoms with van der Waals surface area (Å²) in [6.45, 7) is 4.49. The van der Waals surface area contributed by atoms with Crippen molar-refractivity contribution in [3.63, 3.8) is 0 Å². The Morgan fingerprint density at radius 1 is 1.26 bits per heavy atom. The number of guanidine groups is 1. The van der Waals surface area contributed by atoms with Crippen LogP contribution in [0.15, 0.2) is 41.7 Å². The highest BCUT2D eigenvalue weighted by molar-refractivity contribution is 6.30. The number of rotatable bonds is 5. The predicted molar refractivity (Wildman–Crippen MR) is 123 cm³/mol. The first-order valence-electron chi connectivity index (χ1n) is 10.8. The Morgan fingerprint density at radius 2 is 2.06 bits per heavy atom. The van der Waals surface area contributed by atoms with E-state index in [4.69, 9.17) is 11.6 Å². The van der Waals surface area contributed by atoms with Crippen LogP contribution in [0.1, 0.15) is 24.4 Å². The first kappa shape index (κ1) is 21.6. The normalized spacial score (nSPS) is 19.2. The standard InChI is InChI=1S/C22H30ClN7O/c1-24-22(29-10-11-30(21(31)16-29)19-13-26-27(2)15-19)25-14-20(28-8-3-4-9-28)17-6-5-7-18(23)12-17/h5-7,12-13,15,20H,3-4,8-11,14,16H2,1-2H3,(H,24,25). The van der Waals surface area contributed by atoms with Gasteiger partial charge >= 0.3 is 0 Å². The Balaban J connectivity index is 1.41. The minimum absolute atomic E-state index is 0.0492. The molecule has 1 atom stereocenters. The molecule has 9 heteroatoms. The Bertz CT molecular complexity index is 937. The number of likely N-dealkylation sites (tertiary alicyclic amines) is 1. The maximum atomic E-state index is 12.8. The van der Waals surface area contributed by atoms with Crippen LogP contribution in [0.25, 0.3) is 0 Å². The van der Waals surface area contributed by atoms with Crippen LogP contribution in [0.4, 0.5) is 5.69 Å². The lowest BCUT2D eigenvalue weighted by molar-refractivity contribution is -0.120. The van der Waals surface area contributed by atoms with Crippen LogP contribution in [0.5, 0.6) is 0 Å². The van der Waals surface area contributed by atoms with E-state index in [0.717, 1.165) is 29.8 Å². The van der Waals surface area contributed by atoms with Crippen molar-refractivity contribution in [2.75, 3.05) is 51.2 Å². The molecule has 2 saturated heterocycles. The highest BCUT2D eigenvalue weighted by atomic mass is 35.5. The van der Waals surface area contributed by atoms with Gasteiger partial charge in [0, 0.05) is 44.9 Å². The molecule has 2 aliphatic rings. The molecule has 0 aliphatic carbocycles. The average Bonchev–Trinajstić information content (AvgIpc) is 3.43. The van der Waals surface area contributed by atoms with E-state index in [1.165, 1.54) is 18.4 Å². The molecule has 0 spiro atoms. The summed E-state index contributed by atoms with van der Waals surface area (Å²) in [7, 11) is 3.62. The molecule has 0 bridgehead atoms. The second-order valence-corrected chi connectivity index (χ2v) is 8.52. The lowest BCUT2D eigenvalue weighted by atomic mass is 10.1. The number of nitrogens with one attached hydrogen (secondary N) is 1. The number of aromatic nitrogens is 2. The van der Waals surface area contributed by atoms with E-state index in [2.05, 4.69) is 26.4 Å². The average molecular weight is 444 g/mol. The molecule has 0 radical (unpaired) electrons. The van der Waals surface area contributed by atoms with Gasteiger partial charge in [-0.3, -0.25) is 19.4 Å². The quantitative estimate of drug-likeness (QED) is 0.566. The number of carbonyl (C=O) groups excluding carboxylic acids is 1. The minimum Gasteiger partial charge on any atom is -0.354 e. The van der Waals surface area contributed by atoms with E-state index in [-0.39, 0.29) is 11.9 Å². The lowest BCUT2D eigenvalue weighted by Crippen LogP contribution is -2.56. The zero-order valence-electron chi connectivity index (χ0n) is 18.2. The van der Waals surface area contributed by atoms with E-state index >= 15 is 0 Å². The highest BCUT2D eigenvalue weighted by Crippen LogP contribution is 2.26. The highest BCUT2D eigenvalue weighted by Gasteiger charge is 2.29. The molecule has 31 heavy (non-hydrogen) atoms. The van der Waals surface area contributed by atoms with E-state index in [9.17, 15) is 4.79 Å². The second kappa shape index (κ2) is 9.70. The van der Waals surface area contributed by atoms with Gasteiger partial charge in [0.1, 0.15) is 6.54 Å². The van der Waals surface area contributed by atoms with Crippen LogP contribution in [-0.2, 0) is 11.8 Å². The fraction of sp³-hybridized carbons (Fsp3) is 0.500. The third-order valence-electron chi connectivity index (χ3n) is 6.00. The lowest BCUT2D eigenvalue weighted by Gasteiger charge is -2.36. The molecule has 2 aliphatic heterocycles. The SMILES string of the molecule is CN=C(NCC(c1cccc(Cl)c1)N1CCCC1)N1CCN(c2cnn(C)c2)C(=O)C1. The molecule has 8 nitrogen and oxygen atoms in total. The number of aryl methyl sites for hydroxylation is 1. The van der Waals surface area contributed by atoms with Gasteiger partial charge in [-0.1, -0.05) is 23.7 Å². The molecule has 0 saturated carbocycles. The monoisotopic (exact) mass is 443 g/mol. The number of benzene rings is 1. The summed E-state index contributed by atoms with van der Waals surface area (Å²) >= 11 is 6.27. The van der Waals surface area contributed by atoms with Crippen LogP contribution in [0, 0.1) is 0 Å². The number of anilines is 1. The summed E-state index contributed by atoms with van der Waals surface area (Å²) in [5.74, 6) is 0.804. The van der Waals surface area contributed by atoms with Crippen LogP contribution < -0.4 is 10.2 Å². The van der Waals surface area contributed by atoms with Gasteiger partial charge < -0.3 is 15.1 Å².